The normalized spacial score (nSPS) is 30.1. The van der Waals surface area contributed by atoms with Crippen LogP contribution in [0, 0.1) is 0 Å². The molecule has 100 valence electrons. The Morgan fingerprint density at radius 2 is 2.26 bits per heavy atom. The molecular formula is C16H19NO2. The minimum atomic E-state index is 0.330. The molecule has 1 saturated heterocycles. The van der Waals surface area contributed by atoms with E-state index in [-0.39, 0.29) is 0 Å². The van der Waals surface area contributed by atoms with Gasteiger partial charge in [-0.15, -0.1) is 0 Å². The zero-order chi connectivity index (χ0) is 13.0. The topological polar surface area (TPSA) is 36.6 Å². The average molecular weight is 257 g/mol. The summed E-state index contributed by atoms with van der Waals surface area (Å²) in [6, 6.07) is 6.02. The highest BCUT2D eigenvalue weighted by molar-refractivity contribution is 5.84. The maximum Gasteiger partial charge on any atom is 0.134 e. The number of rotatable bonds is 0. The van der Waals surface area contributed by atoms with Crippen LogP contribution in [-0.2, 0) is 6.42 Å². The minimum absolute atomic E-state index is 0.330. The second kappa shape index (κ2) is 4.01. The van der Waals surface area contributed by atoms with Crippen LogP contribution in [0.15, 0.2) is 22.6 Å². The Morgan fingerprint density at radius 3 is 3.16 bits per heavy atom. The van der Waals surface area contributed by atoms with Crippen molar-refractivity contribution >= 4 is 11.0 Å². The molecule has 2 aromatic rings. The van der Waals surface area contributed by atoms with Crippen molar-refractivity contribution in [2.24, 2.45) is 0 Å². The van der Waals surface area contributed by atoms with E-state index in [2.05, 4.69) is 11.8 Å². The molecule has 2 aliphatic heterocycles. The molecule has 1 fully saturated rings. The van der Waals surface area contributed by atoms with Gasteiger partial charge in [-0.2, -0.15) is 0 Å². The van der Waals surface area contributed by atoms with Crippen molar-refractivity contribution in [3.63, 3.8) is 0 Å². The molecule has 0 radical (unpaired) electrons. The highest BCUT2D eigenvalue weighted by Crippen LogP contribution is 2.40. The summed E-state index contributed by atoms with van der Waals surface area (Å²) in [5.74, 6) is 2.04. The molecule has 1 aromatic carbocycles. The van der Waals surface area contributed by atoms with Crippen molar-refractivity contribution in [1.29, 1.82) is 0 Å². The van der Waals surface area contributed by atoms with Crippen molar-refractivity contribution in [3.05, 3.63) is 29.5 Å². The summed E-state index contributed by atoms with van der Waals surface area (Å²) in [7, 11) is 0. The first-order valence-corrected chi connectivity index (χ1v) is 7.20. The van der Waals surface area contributed by atoms with E-state index in [0.29, 0.717) is 17.7 Å². The molecule has 1 N–H and O–H groups in total. The number of phenols is 1. The predicted octanol–water partition coefficient (Wildman–Crippen LogP) is 3.26. The van der Waals surface area contributed by atoms with Crippen LogP contribution < -0.4 is 0 Å². The van der Waals surface area contributed by atoms with E-state index >= 15 is 0 Å². The third kappa shape index (κ3) is 1.68. The maximum atomic E-state index is 9.72. The minimum Gasteiger partial charge on any atom is -0.508 e. The summed E-state index contributed by atoms with van der Waals surface area (Å²) >= 11 is 0. The largest absolute Gasteiger partial charge is 0.508 e. The molecule has 0 aliphatic carbocycles. The highest BCUT2D eigenvalue weighted by Gasteiger charge is 2.33. The number of aromatic hydroxyl groups is 1. The zero-order valence-electron chi connectivity index (χ0n) is 11.2. The molecule has 19 heavy (non-hydrogen) atoms. The smallest absolute Gasteiger partial charge is 0.134 e. The van der Waals surface area contributed by atoms with E-state index in [1.54, 1.807) is 6.07 Å². The van der Waals surface area contributed by atoms with E-state index in [4.69, 9.17) is 4.42 Å². The molecule has 2 aliphatic rings. The van der Waals surface area contributed by atoms with Crippen LogP contribution in [0.1, 0.15) is 37.0 Å². The number of hydrogen-bond donors (Lipinski definition) is 1. The molecular weight excluding hydrogens is 238 g/mol. The Kier molecular flexibility index (Phi) is 2.39. The van der Waals surface area contributed by atoms with E-state index < -0.39 is 0 Å². The maximum absolute atomic E-state index is 9.72. The van der Waals surface area contributed by atoms with Crippen LogP contribution in [0.3, 0.4) is 0 Å². The fourth-order valence-electron chi connectivity index (χ4n) is 3.74. The lowest BCUT2D eigenvalue weighted by Gasteiger charge is -2.33. The zero-order valence-corrected chi connectivity index (χ0v) is 11.2. The molecule has 0 spiro atoms. The summed E-state index contributed by atoms with van der Waals surface area (Å²) in [6.45, 7) is 4.64. The molecule has 1 aromatic heterocycles. The van der Waals surface area contributed by atoms with Gasteiger partial charge in [0.05, 0.1) is 0 Å². The van der Waals surface area contributed by atoms with Gasteiger partial charge in [0.25, 0.3) is 0 Å². The van der Waals surface area contributed by atoms with E-state index in [1.807, 2.05) is 12.1 Å². The van der Waals surface area contributed by atoms with Crippen molar-refractivity contribution in [3.8, 4) is 5.75 Å². The standard InChI is InChI=1S/C16H19NO2/c1-10-7-14-13-8-12(18)4-5-15(13)19-16(14)11-3-2-6-17(10)9-11/h4-5,8,10-11,18H,2-3,6-7,9H2,1H3. The second-order valence-electron chi connectivity index (χ2n) is 6.01. The number of benzene rings is 1. The van der Waals surface area contributed by atoms with Crippen LogP contribution in [0.5, 0.6) is 5.75 Å². The first-order chi connectivity index (χ1) is 9.22. The average Bonchev–Trinajstić information content (AvgIpc) is 2.73. The summed E-state index contributed by atoms with van der Waals surface area (Å²) in [6.07, 6.45) is 3.51. The lowest BCUT2D eigenvalue weighted by atomic mass is 9.94. The predicted molar refractivity (Wildman–Crippen MR) is 74.6 cm³/mol. The number of furan rings is 1. The van der Waals surface area contributed by atoms with Crippen LogP contribution in [0.2, 0.25) is 0 Å². The summed E-state index contributed by atoms with van der Waals surface area (Å²) in [5, 5.41) is 10.8. The molecule has 0 saturated carbocycles. The molecule has 4 rings (SSSR count). The van der Waals surface area contributed by atoms with Gasteiger partial charge in [-0.1, -0.05) is 0 Å². The van der Waals surface area contributed by atoms with E-state index in [0.717, 1.165) is 23.9 Å². The van der Waals surface area contributed by atoms with Gasteiger partial charge in [-0.3, -0.25) is 4.90 Å². The Balaban J connectivity index is 1.93. The second-order valence-corrected chi connectivity index (χ2v) is 6.01. The molecule has 0 amide bonds. The quantitative estimate of drug-likeness (QED) is 0.787. The van der Waals surface area contributed by atoms with Gasteiger partial charge in [-0.05, 0) is 50.9 Å². The number of hydrogen-bond acceptors (Lipinski definition) is 3. The lowest BCUT2D eigenvalue weighted by molar-refractivity contribution is 0.160. The van der Waals surface area contributed by atoms with Crippen molar-refractivity contribution in [2.75, 3.05) is 13.1 Å². The SMILES string of the molecule is CC1Cc2c(oc3ccc(O)cc23)C2CCCN1C2. The fourth-order valence-corrected chi connectivity index (χ4v) is 3.74. The highest BCUT2D eigenvalue weighted by atomic mass is 16.3. The van der Waals surface area contributed by atoms with Gasteiger partial charge in [0.2, 0.25) is 0 Å². The molecule has 3 unspecified atom stereocenters. The van der Waals surface area contributed by atoms with Gasteiger partial charge in [0.15, 0.2) is 0 Å². The fraction of sp³-hybridized carbons (Fsp3) is 0.500. The molecule has 2 bridgehead atoms. The Morgan fingerprint density at radius 1 is 1.37 bits per heavy atom. The van der Waals surface area contributed by atoms with E-state index in [9.17, 15) is 5.11 Å². The van der Waals surface area contributed by atoms with Gasteiger partial charge >= 0.3 is 0 Å². The van der Waals surface area contributed by atoms with Gasteiger partial charge in [0.1, 0.15) is 17.1 Å². The molecule has 3 atom stereocenters. The Bertz CT molecular complexity index is 631. The first-order valence-electron chi connectivity index (χ1n) is 7.20. The number of fused-ring (bicyclic) bond motifs is 6. The third-order valence-corrected chi connectivity index (χ3v) is 4.75. The van der Waals surface area contributed by atoms with Gasteiger partial charge < -0.3 is 9.52 Å². The third-order valence-electron chi connectivity index (χ3n) is 4.75. The number of piperidine rings is 1. The Labute approximate surface area is 112 Å². The summed E-state index contributed by atoms with van der Waals surface area (Å²) < 4.78 is 6.12. The number of nitrogens with zero attached hydrogens (tertiary/aromatic N) is 1. The van der Waals surface area contributed by atoms with Crippen LogP contribution in [-0.4, -0.2) is 29.1 Å². The lowest BCUT2D eigenvalue weighted by Crippen LogP contribution is -2.39. The van der Waals surface area contributed by atoms with Crippen LogP contribution >= 0.6 is 0 Å². The molecule has 3 heteroatoms. The van der Waals surface area contributed by atoms with E-state index in [1.165, 1.54) is 30.7 Å². The summed E-state index contributed by atoms with van der Waals surface area (Å²) in [5.41, 5.74) is 2.25. The van der Waals surface area contributed by atoms with Crippen molar-refractivity contribution in [2.45, 2.75) is 38.1 Å². The van der Waals surface area contributed by atoms with Crippen LogP contribution in [0.25, 0.3) is 11.0 Å². The monoisotopic (exact) mass is 257 g/mol. The summed E-state index contributed by atoms with van der Waals surface area (Å²) in [4.78, 5) is 2.58. The molecule has 3 nitrogen and oxygen atoms in total. The van der Waals surface area contributed by atoms with Gasteiger partial charge in [-0.25, -0.2) is 0 Å². The van der Waals surface area contributed by atoms with Crippen molar-refractivity contribution < 1.29 is 9.52 Å². The Hall–Kier alpha value is -1.48. The number of phenolic OH excluding ortho intramolecular Hbond substituents is 1. The van der Waals surface area contributed by atoms with Crippen molar-refractivity contribution in [1.82, 2.24) is 4.90 Å². The van der Waals surface area contributed by atoms with Gasteiger partial charge in [0, 0.05) is 29.5 Å². The first kappa shape index (κ1) is 11.4. The van der Waals surface area contributed by atoms with Crippen LogP contribution in [0.4, 0.5) is 0 Å². The molecule has 3 heterocycles.